The second-order valence-corrected chi connectivity index (χ2v) is 6.83. The van der Waals surface area contributed by atoms with E-state index < -0.39 is 0 Å². The lowest BCUT2D eigenvalue weighted by Crippen LogP contribution is -2.32. The molecule has 6 nitrogen and oxygen atoms in total. The molecule has 0 fully saturated rings. The van der Waals surface area contributed by atoms with Crippen LogP contribution in [0.4, 0.5) is 0 Å². The van der Waals surface area contributed by atoms with Gasteiger partial charge in [0, 0.05) is 36.3 Å². The Morgan fingerprint density at radius 3 is 2.25 bits per heavy atom. The molecule has 1 heterocycles. The zero-order chi connectivity index (χ0) is 20.1. The number of aromatic nitrogens is 1. The molecule has 28 heavy (non-hydrogen) atoms. The third kappa shape index (κ3) is 4.46. The van der Waals surface area contributed by atoms with Gasteiger partial charge in [-0.25, -0.2) is 4.98 Å². The lowest BCUT2D eigenvalue weighted by molar-refractivity contribution is 0.0754. The predicted octanol–water partition coefficient (Wildman–Crippen LogP) is 3.75. The van der Waals surface area contributed by atoms with E-state index >= 15 is 0 Å². The van der Waals surface area contributed by atoms with Crippen LogP contribution in [0.1, 0.15) is 40.1 Å². The topological polar surface area (TPSA) is 75.4 Å². The summed E-state index contributed by atoms with van der Waals surface area (Å²) < 4.78 is 5.24. The van der Waals surface area contributed by atoms with Gasteiger partial charge in [-0.05, 0) is 43.7 Å². The molecule has 2 amide bonds. The number of oxazole rings is 1. The quantitative estimate of drug-likeness (QED) is 0.710. The smallest absolute Gasteiger partial charge is 0.253 e. The van der Waals surface area contributed by atoms with Gasteiger partial charge in [0.05, 0.1) is 6.20 Å². The summed E-state index contributed by atoms with van der Waals surface area (Å²) in [5.41, 5.74) is 2.99. The Kier molecular flexibility index (Phi) is 5.89. The number of hydrogen-bond donors (Lipinski definition) is 1. The molecule has 3 rings (SSSR count). The van der Waals surface area contributed by atoms with Crippen LogP contribution in [-0.4, -0.2) is 34.8 Å². The molecule has 0 aliphatic rings. The van der Waals surface area contributed by atoms with Crippen molar-refractivity contribution in [2.45, 2.75) is 26.4 Å². The molecule has 0 saturated heterocycles. The molecule has 0 unspecified atom stereocenters. The number of amides is 2. The van der Waals surface area contributed by atoms with E-state index in [0.29, 0.717) is 23.4 Å². The number of rotatable bonds is 6. The molecule has 0 radical (unpaired) electrons. The molecule has 1 aromatic heterocycles. The van der Waals surface area contributed by atoms with Gasteiger partial charge in [-0.1, -0.05) is 24.3 Å². The first-order chi connectivity index (χ1) is 13.5. The minimum atomic E-state index is -0.163. The van der Waals surface area contributed by atoms with Crippen molar-refractivity contribution in [2.75, 3.05) is 7.05 Å². The van der Waals surface area contributed by atoms with Crippen LogP contribution >= 0.6 is 0 Å². The van der Waals surface area contributed by atoms with Crippen LogP contribution in [-0.2, 0) is 6.54 Å². The van der Waals surface area contributed by atoms with Crippen molar-refractivity contribution >= 4 is 11.8 Å². The third-order valence-electron chi connectivity index (χ3n) is 4.61. The van der Waals surface area contributed by atoms with E-state index in [1.807, 2.05) is 38.1 Å². The molecule has 0 atom stereocenters. The Bertz CT molecular complexity index is 930. The van der Waals surface area contributed by atoms with E-state index in [1.165, 1.54) is 6.39 Å². The van der Waals surface area contributed by atoms with Crippen molar-refractivity contribution in [3.8, 4) is 11.3 Å². The minimum Gasteiger partial charge on any atom is -0.444 e. The zero-order valence-corrected chi connectivity index (χ0v) is 16.2. The average molecular weight is 377 g/mol. The number of hydrogen-bond acceptors (Lipinski definition) is 4. The summed E-state index contributed by atoms with van der Waals surface area (Å²) in [5.74, 6) is 0.478. The highest BCUT2D eigenvalue weighted by Crippen LogP contribution is 2.19. The van der Waals surface area contributed by atoms with Crippen LogP contribution in [0.2, 0.25) is 0 Å². The summed E-state index contributed by atoms with van der Waals surface area (Å²) in [6, 6.07) is 14.6. The molecule has 0 spiro atoms. The second-order valence-electron chi connectivity index (χ2n) is 6.83. The van der Waals surface area contributed by atoms with Crippen molar-refractivity contribution in [1.29, 1.82) is 0 Å². The predicted molar refractivity (Wildman–Crippen MR) is 107 cm³/mol. The lowest BCUT2D eigenvalue weighted by atomic mass is 10.1. The van der Waals surface area contributed by atoms with Gasteiger partial charge in [-0.15, -0.1) is 0 Å². The van der Waals surface area contributed by atoms with Crippen molar-refractivity contribution in [2.24, 2.45) is 0 Å². The fourth-order valence-electron chi connectivity index (χ4n) is 2.63. The van der Waals surface area contributed by atoms with E-state index in [-0.39, 0.29) is 17.9 Å². The maximum Gasteiger partial charge on any atom is 0.253 e. The Morgan fingerprint density at radius 2 is 1.68 bits per heavy atom. The second kappa shape index (κ2) is 8.52. The largest absolute Gasteiger partial charge is 0.444 e. The van der Waals surface area contributed by atoms with Crippen molar-refractivity contribution < 1.29 is 14.0 Å². The van der Waals surface area contributed by atoms with Gasteiger partial charge in [0.15, 0.2) is 12.2 Å². The first kappa shape index (κ1) is 19.4. The molecule has 0 aliphatic heterocycles. The highest BCUT2D eigenvalue weighted by Gasteiger charge is 2.14. The highest BCUT2D eigenvalue weighted by atomic mass is 16.3. The van der Waals surface area contributed by atoms with E-state index in [2.05, 4.69) is 10.3 Å². The summed E-state index contributed by atoms with van der Waals surface area (Å²) in [4.78, 5) is 30.2. The molecule has 1 N–H and O–H groups in total. The molecule has 0 saturated carbocycles. The Morgan fingerprint density at radius 1 is 1.04 bits per heavy atom. The monoisotopic (exact) mass is 377 g/mol. The van der Waals surface area contributed by atoms with E-state index in [1.54, 1.807) is 42.4 Å². The Hall–Kier alpha value is -3.41. The number of nitrogens with one attached hydrogen (secondary N) is 1. The molecule has 6 heteroatoms. The van der Waals surface area contributed by atoms with Gasteiger partial charge >= 0.3 is 0 Å². The van der Waals surface area contributed by atoms with Crippen molar-refractivity contribution in [3.63, 3.8) is 0 Å². The van der Waals surface area contributed by atoms with Gasteiger partial charge < -0.3 is 14.6 Å². The number of carbonyl (C=O) groups excluding carboxylic acids is 2. The van der Waals surface area contributed by atoms with Crippen LogP contribution in [0.15, 0.2) is 65.5 Å². The lowest BCUT2D eigenvalue weighted by Gasteiger charge is -2.21. The maximum absolute atomic E-state index is 12.3. The van der Waals surface area contributed by atoms with Gasteiger partial charge in [0.25, 0.3) is 11.8 Å². The third-order valence-corrected chi connectivity index (χ3v) is 4.61. The number of nitrogens with zero attached hydrogens (tertiary/aromatic N) is 2. The minimum absolute atomic E-state index is 0.0163. The van der Waals surface area contributed by atoms with Crippen LogP contribution in [0.25, 0.3) is 11.3 Å². The van der Waals surface area contributed by atoms with Crippen LogP contribution < -0.4 is 5.32 Å². The van der Waals surface area contributed by atoms with Gasteiger partial charge in [-0.2, -0.15) is 0 Å². The Balaban J connectivity index is 1.58. The van der Waals surface area contributed by atoms with Gasteiger partial charge in [-0.3, -0.25) is 9.59 Å². The molecule has 144 valence electrons. The van der Waals surface area contributed by atoms with Crippen molar-refractivity contribution in [3.05, 3.63) is 77.8 Å². The van der Waals surface area contributed by atoms with Crippen LogP contribution in [0.3, 0.4) is 0 Å². The summed E-state index contributed by atoms with van der Waals surface area (Å²) in [5, 5.41) is 2.89. The molecule has 3 aromatic rings. The summed E-state index contributed by atoms with van der Waals surface area (Å²) >= 11 is 0. The average Bonchev–Trinajstić information content (AvgIpc) is 3.26. The SMILES string of the molecule is CC(C)N(C)C(=O)c1ccc(CNC(=O)c2ccc(-c3cnco3)cc2)cc1. The molecule has 2 aromatic carbocycles. The van der Waals surface area contributed by atoms with E-state index in [9.17, 15) is 9.59 Å². The number of benzene rings is 2. The van der Waals surface area contributed by atoms with Crippen LogP contribution in [0.5, 0.6) is 0 Å². The first-order valence-corrected chi connectivity index (χ1v) is 9.09. The Labute approximate surface area is 164 Å². The van der Waals surface area contributed by atoms with Crippen LogP contribution in [0, 0.1) is 0 Å². The molecular weight excluding hydrogens is 354 g/mol. The number of carbonyl (C=O) groups is 2. The summed E-state index contributed by atoms with van der Waals surface area (Å²) in [6.45, 7) is 4.33. The first-order valence-electron chi connectivity index (χ1n) is 9.09. The zero-order valence-electron chi connectivity index (χ0n) is 16.2. The molecule has 0 aliphatic carbocycles. The fraction of sp³-hybridized carbons (Fsp3) is 0.227. The normalized spacial score (nSPS) is 10.7. The molecule has 0 bridgehead atoms. The van der Waals surface area contributed by atoms with Gasteiger partial charge in [0.2, 0.25) is 0 Å². The van der Waals surface area contributed by atoms with Crippen molar-refractivity contribution in [1.82, 2.24) is 15.2 Å². The molecular formula is C22H23N3O3. The standard InChI is InChI=1S/C22H23N3O3/c1-15(2)25(3)22(27)19-6-4-16(5-7-19)12-24-21(26)18-10-8-17(9-11-18)20-13-23-14-28-20/h4-11,13-15H,12H2,1-3H3,(H,24,26). The van der Waals surface area contributed by atoms with Gasteiger partial charge in [0.1, 0.15) is 0 Å². The highest BCUT2D eigenvalue weighted by molar-refractivity contribution is 5.95. The summed E-state index contributed by atoms with van der Waals surface area (Å²) in [7, 11) is 1.79. The van der Waals surface area contributed by atoms with E-state index in [0.717, 1.165) is 11.1 Å². The fourth-order valence-corrected chi connectivity index (χ4v) is 2.63. The summed E-state index contributed by atoms with van der Waals surface area (Å²) in [6.07, 6.45) is 3.00. The maximum atomic E-state index is 12.3. The van der Waals surface area contributed by atoms with E-state index in [4.69, 9.17) is 4.42 Å².